The Balaban J connectivity index is 2.37. The van der Waals surface area contributed by atoms with Crippen molar-refractivity contribution in [1.29, 1.82) is 0 Å². The average molecular weight is 249 g/mol. The maximum atomic E-state index is 12.0. The van der Waals surface area contributed by atoms with Crippen molar-refractivity contribution in [3.8, 4) is 0 Å². The molecule has 0 N–H and O–H groups in total. The molecule has 1 aromatic rings. The van der Waals surface area contributed by atoms with Crippen LogP contribution in [0.25, 0.3) is 0 Å². The summed E-state index contributed by atoms with van der Waals surface area (Å²) < 4.78 is 16.2. The van der Waals surface area contributed by atoms with Gasteiger partial charge in [-0.25, -0.2) is 4.21 Å². The molecule has 1 aliphatic rings. The van der Waals surface area contributed by atoms with E-state index < -0.39 is 11.0 Å². The van der Waals surface area contributed by atoms with Gasteiger partial charge in [0.2, 0.25) is 0 Å². The normalized spacial score (nSPS) is 19.4. The van der Waals surface area contributed by atoms with Gasteiger partial charge in [-0.3, -0.25) is 0 Å². The van der Waals surface area contributed by atoms with Gasteiger partial charge in [0.25, 0.3) is 0 Å². The van der Waals surface area contributed by atoms with Gasteiger partial charge in [-0.1, -0.05) is 17.7 Å². The van der Waals surface area contributed by atoms with Gasteiger partial charge in [0.05, 0.1) is 10.5 Å². The zero-order valence-electron chi connectivity index (χ0n) is 10.9. The molecule has 0 heterocycles. The van der Waals surface area contributed by atoms with E-state index in [1.54, 1.807) is 0 Å². The molecule has 0 radical (unpaired) electrons. The Morgan fingerprint density at radius 1 is 1.24 bits per heavy atom. The zero-order valence-corrected chi connectivity index (χ0v) is 11.7. The molecule has 0 fully saturated rings. The molecule has 0 bridgehead atoms. The van der Waals surface area contributed by atoms with Gasteiger partial charge in [0, 0.05) is 5.56 Å². The largest absolute Gasteiger partial charge is 0.234 e. The van der Waals surface area contributed by atoms with E-state index in [0.29, 0.717) is 0 Å². The molecular formula is C14H19NOS. The molecule has 2 rings (SSSR count). The SMILES string of the molecule is Cc1ccc2c(c1)C(=N[S@](=O)C(C)(C)C)CC2. The van der Waals surface area contributed by atoms with Gasteiger partial charge in [0.15, 0.2) is 0 Å². The van der Waals surface area contributed by atoms with Gasteiger partial charge < -0.3 is 0 Å². The minimum absolute atomic E-state index is 0.278. The first-order valence-corrected chi connectivity index (χ1v) is 7.08. The van der Waals surface area contributed by atoms with Crippen LogP contribution in [0.3, 0.4) is 0 Å². The van der Waals surface area contributed by atoms with E-state index in [1.807, 2.05) is 20.8 Å². The summed E-state index contributed by atoms with van der Waals surface area (Å²) in [6.07, 6.45) is 1.94. The summed E-state index contributed by atoms with van der Waals surface area (Å²) in [4.78, 5) is 0. The molecule has 0 unspecified atom stereocenters. The minimum atomic E-state index is -1.15. The van der Waals surface area contributed by atoms with E-state index in [9.17, 15) is 4.21 Å². The van der Waals surface area contributed by atoms with Crippen LogP contribution in [-0.4, -0.2) is 14.7 Å². The highest BCUT2D eigenvalue weighted by molar-refractivity contribution is 7.85. The summed E-state index contributed by atoms with van der Waals surface area (Å²) in [7, 11) is -1.15. The van der Waals surface area contributed by atoms with E-state index >= 15 is 0 Å². The first kappa shape index (κ1) is 12.5. The Labute approximate surface area is 106 Å². The summed E-state index contributed by atoms with van der Waals surface area (Å²) in [5.74, 6) is 0. The third kappa shape index (κ3) is 2.65. The fourth-order valence-electron chi connectivity index (χ4n) is 1.90. The standard InChI is InChI=1S/C14H19NOS/c1-10-5-6-11-7-8-13(12(11)9-10)15-17(16)14(2,3)4/h5-6,9H,7-8H2,1-4H3/t17-/m1/s1. The van der Waals surface area contributed by atoms with E-state index in [4.69, 9.17) is 0 Å². The smallest absolute Gasteiger partial charge is 0.145 e. The van der Waals surface area contributed by atoms with E-state index in [0.717, 1.165) is 18.6 Å². The summed E-state index contributed by atoms with van der Waals surface area (Å²) in [6.45, 7) is 7.95. The third-order valence-corrected chi connectivity index (χ3v) is 4.36. The van der Waals surface area contributed by atoms with Crippen molar-refractivity contribution >= 4 is 16.7 Å². The molecular weight excluding hydrogens is 230 g/mol. The Hall–Kier alpha value is -0.960. The number of hydrogen-bond acceptors (Lipinski definition) is 1. The van der Waals surface area contributed by atoms with Gasteiger partial charge in [-0.2, -0.15) is 4.40 Å². The molecule has 0 saturated heterocycles. The number of rotatable bonds is 1. The lowest BCUT2D eigenvalue weighted by atomic mass is 10.1. The van der Waals surface area contributed by atoms with Crippen LogP contribution in [0.2, 0.25) is 0 Å². The molecule has 0 aliphatic heterocycles. The first-order chi connectivity index (χ1) is 7.88. The van der Waals surface area contributed by atoms with Gasteiger partial charge >= 0.3 is 0 Å². The Bertz CT molecular complexity index is 497. The molecule has 0 saturated carbocycles. The van der Waals surface area contributed by atoms with Crippen LogP contribution in [0.5, 0.6) is 0 Å². The molecule has 0 aromatic heterocycles. The lowest BCUT2D eigenvalue weighted by molar-refractivity contribution is 0.650. The van der Waals surface area contributed by atoms with Crippen LogP contribution >= 0.6 is 0 Å². The Morgan fingerprint density at radius 3 is 2.59 bits per heavy atom. The van der Waals surface area contributed by atoms with Crippen LogP contribution in [0.4, 0.5) is 0 Å². The van der Waals surface area contributed by atoms with Gasteiger partial charge in [-0.15, -0.1) is 0 Å². The van der Waals surface area contributed by atoms with Gasteiger partial charge in [-0.05, 0) is 52.2 Å². The maximum Gasteiger partial charge on any atom is 0.145 e. The topological polar surface area (TPSA) is 29.4 Å². The number of fused-ring (bicyclic) bond motifs is 1. The molecule has 2 nitrogen and oxygen atoms in total. The number of aryl methyl sites for hydroxylation is 2. The van der Waals surface area contributed by atoms with Crippen LogP contribution in [0.1, 0.15) is 43.9 Å². The van der Waals surface area contributed by atoms with Crippen LogP contribution in [0.15, 0.2) is 22.6 Å². The van der Waals surface area contributed by atoms with Crippen molar-refractivity contribution in [3.63, 3.8) is 0 Å². The number of nitrogens with zero attached hydrogens (tertiary/aromatic N) is 1. The van der Waals surface area contributed by atoms with Crippen molar-refractivity contribution < 1.29 is 4.21 Å². The predicted molar refractivity (Wildman–Crippen MR) is 73.9 cm³/mol. The molecule has 1 aromatic carbocycles. The number of hydrogen-bond donors (Lipinski definition) is 0. The fraction of sp³-hybridized carbons (Fsp3) is 0.500. The summed E-state index contributed by atoms with van der Waals surface area (Å²) in [5, 5.41) is 0. The van der Waals surface area contributed by atoms with Crippen LogP contribution in [-0.2, 0) is 17.4 Å². The molecule has 17 heavy (non-hydrogen) atoms. The first-order valence-electron chi connectivity index (χ1n) is 5.97. The van der Waals surface area contributed by atoms with E-state index in [2.05, 4.69) is 29.5 Å². The molecule has 92 valence electrons. The van der Waals surface area contributed by atoms with Gasteiger partial charge in [0.1, 0.15) is 11.0 Å². The lowest BCUT2D eigenvalue weighted by Crippen LogP contribution is -2.20. The molecule has 3 heteroatoms. The van der Waals surface area contributed by atoms with Crippen molar-refractivity contribution in [2.24, 2.45) is 4.40 Å². The summed E-state index contributed by atoms with van der Waals surface area (Å²) in [6, 6.07) is 6.44. The zero-order chi connectivity index (χ0) is 12.6. The molecule has 1 atom stereocenters. The average Bonchev–Trinajstić information content (AvgIpc) is 2.60. The quantitative estimate of drug-likeness (QED) is 0.751. The molecule has 0 amide bonds. The Morgan fingerprint density at radius 2 is 1.94 bits per heavy atom. The second-order valence-electron chi connectivity index (χ2n) is 5.56. The minimum Gasteiger partial charge on any atom is -0.234 e. The lowest BCUT2D eigenvalue weighted by Gasteiger charge is -2.14. The second-order valence-corrected chi connectivity index (χ2v) is 7.47. The molecule has 0 spiro atoms. The second kappa shape index (κ2) is 4.37. The van der Waals surface area contributed by atoms with Crippen LogP contribution in [0, 0.1) is 6.92 Å². The van der Waals surface area contributed by atoms with Crippen molar-refractivity contribution in [1.82, 2.24) is 0 Å². The third-order valence-electron chi connectivity index (χ3n) is 2.92. The van der Waals surface area contributed by atoms with Crippen molar-refractivity contribution in [2.75, 3.05) is 0 Å². The monoisotopic (exact) mass is 249 g/mol. The van der Waals surface area contributed by atoms with Crippen LogP contribution < -0.4 is 0 Å². The molecule has 1 aliphatic carbocycles. The van der Waals surface area contributed by atoms with E-state index in [1.165, 1.54) is 16.7 Å². The highest BCUT2D eigenvalue weighted by Gasteiger charge is 2.23. The fourth-order valence-corrected chi connectivity index (χ4v) is 2.56. The summed E-state index contributed by atoms with van der Waals surface area (Å²) >= 11 is 0. The van der Waals surface area contributed by atoms with E-state index in [-0.39, 0.29) is 4.75 Å². The summed E-state index contributed by atoms with van der Waals surface area (Å²) in [5.41, 5.74) is 4.78. The van der Waals surface area contributed by atoms with Crippen molar-refractivity contribution in [2.45, 2.75) is 45.3 Å². The Kier molecular flexibility index (Phi) is 3.21. The van der Waals surface area contributed by atoms with Crippen molar-refractivity contribution in [3.05, 3.63) is 34.9 Å². The number of benzene rings is 1. The predicted octanol–water partition coefficient (Wildman–Crippen LogP) is 3.19. The maximum absolute atomic E-state index is 12.0. The highest BCUT2D eigenvalue weighted by Crippen LogP contribution is 2.25. The highest BCUT2D eigenvalue weighted by atomic mass is 32.2.